The van der Waals surface area contributed by atoms with E-state index < -0.39 is 17.7 Å². The Hall–Kier alpha value is -3.49. The Morgan fingerprint density at radius 2 is 1.73 bits per heavy atom. The van der Waals surface area contributed by atoms with Crippen LogP contribution in [0.3, 0.4) is 0 Å². The molecule has 3 rings (SSSR count). The van der Waals surface area contributed by atoms with Crippen molar-refractivity contribution in [3.8, 4) is 5.75 Å². The first-order chi connectivity index (χ1) is 14.2. The Balaban J connectivity index is 1.64. The molecular formula is C20H15Cl2N3O5. The summed E-state index contributed by atoms with van der Waals surface area (Å²) in [6, 6.07) is 11.4. The number of hydrogen-bond acceptors (Lipinski definition) is 5. The highest BCUT2D eigenvalue weighted by molar-refractivity contribution is 6.42. The molecule has 0 radical (unpaired) electrons. The van der Waals surface area contributed by atoms with Crippen LogP contribution in [-0.2, 0) is 6.54 Å². The summed E-state index contributed by atoms with van der Waals surface area (Å²) in [5, 5.41) is 15.9. The second kappa shape index (κ2) is 8.89. The zero-order valence-electron chi connectivity index (χ0n) is 15.2. The van der Waals surface area contributed by atoms with Crippen LogP contribution in [0.1, 0.15) is 37.0 Å². The molecule has 10 heteroatoms. The lowest BCUT2D eigenvalue weighted by Gasteiger charge is -2.09. The van der Waals surface area contributed by atoms with Crippen molar-refractivity contribution in [1.29, 1.82) is 0 Å². The molecule has 5 N–H and O–H groups in total. The number of rotatable bonds is 6. The standard InChI is InChI=1S/C20H15Cl2N3O5/c21-14-5-1-10(7-15(14)22)19(28)25-11-2-4-13(16(26)8-11)20(29)24-9-12-3-6-17(30-12)18(23)27/h1-8,26H,9H2,(H2,23,27)(H,24,29)(H,25,28). The molecule has 0 atom stereocenters. The van der Waals surface area contributed by atoms with Crippen LogP contribution in [0.2, 0.25) is 10.0 Å². The van der Waals surface area contributed by atoms with Gasteiger partial charge in [-0.1, -0.05) is 23.2 Å². The quantitative estimate of drug-likeness (QED) is 0.457. The molecule has 8 nitrogen and oxygen atoms in total. The summed E-state index contributed by atoms with van der Waals surface area (Å²) in [6.45, 7) is -0.0125. The summed E-state index contributed by atoms with van der Waals surface area (Å²) in [4.78, 5) is 35.6. The first-order valence-corrected chi connectivity index (χ1v) is 9.26. The first-order valence-electron chi connectivity index (χ1n) is 8.50. The minimum atomic E-state index is -0.719. The van der Waals surface area contributed by atoms with Gasteiger partial charge in [0.1, 0.15) is 11.5 Å². The summed E-state index contributed by atoms with van der Waals surface area (Å²) >= 11 is 11.7. The molecule has 30 heavy (non-hydrogen) atoms. The number of furan rings is 1. The number of carbonyl (C=O) groups is 3. The van der Waals surface area contributed by atoms with Gasteiger partial charge in [-0.3, -0.25) is 14.4 Å². The molecule has 0 bridgehead atoms. The molecule has 0 unspecified atom stereocenters. The maximum Gasteiger partial charge on any atom is 0.284 e. The van der Waals surface area contributed by atoms with Crippen LogP contribution < -0.4 is 16.4 Å². The maximum absolute atomic E-state index is 12.3. The highest BCUT2D eigenvalue weighted by Gasteiger charge is 2.15. The van der Waals surface area contributed by atoms with Crippen molar-refractivity contribution in [3.05, 3.63) is 81.2 Å². The van der Waals surface area contributed by atoms with Crippen LogP contribution in [0.5, 0.6) is 5.75 Å². The number of halogens is 2. The van der Waals surface area contributed by atoms with Crippen molar-refractivity contribution >= 4 is 46.6 Å². The molecule has 0 aliphatic heterocycles. The smallest absolute Gasteiger partial charge is 0.284 e. The predicted octanol–water partition coefficient (Wildman–Crippen LogP) is 3.57. The van der Waals surface area contributed by atoms with Crippen molar-refractivity contribution in [2.45, 2.75) is 6.54 Å². The number of anilines is 1. The number of carbonyl (C=O) groups excluding carboxylic acids is 3. The Kier molecular flexibility index (Phi) is 6.29. The van der Waals surface area contributed by atoms with Gasteiger partial charge in [-0.25, -0.2) is 0 Å². The van der Waals surface area contributed by atoms with Gasteiger partial charge in [0, 0.05) is 17.3 Å². The normalized spacial score (nSPS) is 10.5. The number of phenols is 1. The Bertz CT molecular complexity index is 1140. The van der Waals surface area contributed by atoms with Crippen molar-refractivity contribution in [1.82, 2.24) is 5.32 Å². The number of nitrogens with two attached hydrogens (primary N) is 1. The fourth-order valence-electron chi connectivity index (χ4n) is 2.51. The van der Waals surface area contributed by atoms with Crippen LogP contribution >= 0.6 is 23.2 Å². The van der Waals surface area contributed by atoms with Crippen LogP contribution in [0.4, 0.5) is 5.69 Å². The molecule has 0 fully saturated rings. The molecule has 0 aliphatic rings. The fourth-order valence-corrected chi connectivity index (χ4v) is 2.81. The summed E-state index contributed by atoms with van der Waals surface area (Å²) < 4.78 is 5.17. The van der Waals surface area contributed by atoms with Gasteiger partial charge >= 0.3 is 0 Å². The van der Waals surface area contributed by atoms with E-state index in [1.54, 1.807) is 0 Å². The minimum Gasteiger partial charge on any atom is -0.507 e. The summed E-state index contributed by atoms with van der Waals surface area (Å²) in [5.41, 5.74) is 5.64. The third-order valence-corrected chi connectivity index (χ3v) is 4.75. The van der Waals surface area contributed by atoms with Gasteiger partial charge < -0.3 is 25.9 Å². The van der Waals surface area contributed by atoms with Crippen molar-refractivity contribution < 1.29 is 23.9 Å². The van der Waals surface area contributed by atoms with E-state index in [0.29, 0.717) is 10.8 Å². The average molecular weight is 448 g/mol. The highest BCUT2D eigenvalue weighted by Crippen LogP contribution is 2.25. The van der Waals surface area contributed by atoms with Gasteiger partial charge in [-0.2, -0.15) is 0 Å². The third-order valence-electron chi connectivity index (χ3n) is 4.01. The van der Waals surface area contributed by atoms with Gasteiger partial charge in [0.15, 0.2) is 5.76 Å². The fraction of sp³-hybridized carbons (Fsp3) is 0.0500. The Labute approximate surface area is 180 Å². The zero-order valence-corrected chi connectivity index (χ0v) is 16.8. The monoisotopic (exact) mass is 447 g/mol. The zero-order chi connectivity index (χ0) is 21.8. The molecule has 2 aromatic carbocycles. The van der Waals surface area contributed by atoms with E-state index in [0.717, 1.165) is 0 Å². The van der Waals surface area contributed by atoms with Crippen LogP contribution in [-0.4, -0.2) is 22.8 Å². The van der Waals surface area contributed by atoms with Gasteiger partial charge in [0.25, 0.3) is 17.7 Å². The van der Waals surface area contributed by atoms with Gasteiger partial charge in [0.2, 0.25) is 0 Å². The second-order valence-corrected chi connectivity index (χ2v) is 6.94. The summed E-state index contributed by atoms with van der Waals surface area (Å²) in [7, 11) is 0. The van der Waals surface area contributed by atoms with Crippen LogP contribution in [0.15, 0.2) is 52.9 Å². The molecule has 0 saturated carbocycles. The van der Waals surface area contributed by atoms with E-state index in [4.69, 9.17) is 33.4 Å². The van der Waals surface area contributed by atoms with E-state index in [1.807, 2.05) is 0 Å². The molecule has 3 amide bonds. The van der Waals surface area contributed by atoms with E-state index in [2.05, 4.69) is 10.6 Å². The SMILES string of the molecule is NC(=O)c1ccc(CNC(=O)c2ccc(NC(=O)c3ccc(Cl)c(Cl)c3)cc2O)o1. The third kappa shape index (κ3) is 4.91. The molecule has 154 valence electrons. The lowest BCUT2D eigenvalue weighted by atomic mass is 10.1. The predicted molar refractivity (Wildman–Crippen MR) is 111 cm³/mol. The van der Waals surface area contributed by atoms with Crippen molar-refractivity contribution in [2.75, 3.05) is 5.32 Å². The van der Waals surface area contributed by atoms with Crippen molar-refractivity contribution in [3.63, 3.8) is 0 Å². The summed E-state index contributed by atoms with van der Waals surface area (Å²) in [6.07, 6.45) is 0. The lowest BCUT2D eigenvalue weighted by molar-refractivity contribution is 0.0944. The topological polar surface area (TPSA) is 135 Å². The largest absolute Gasteiger partial charge is 0.507 e. The Morgan fingerprint density at radius 3 is 2.37 bits per heavy atom. The van der Waals surface area contributed by atoms with E-state index in [1.165, 1.54) is 48.5 Å². The number of hydrogen-bond donors (Lipinski definition) is 4. The van der Waals surface area contributed by atoms with E-state index >= 15 is 0 Å². The molecule has 1 aromatic heterocycles. The number of primary amides is 1. The Morgan fingerprint density at radius 1 is 0.967 bits per heavy atom. The molecule has 1 heterocycles. The van der Waals surface area contributed by atoms with E-state index in [-0.39, 0.29) is 39.9 Å². The number of amides is 3. The number of aromatic hydroxyl groups is 1. The minimum absolute atomic E-state index is 0.00998. The molecule has 0 spiro atoms. The van der Waals surface area contributed by atoms with E-state index in [9.17, 15) is 19.5 Å². The van der Waals surface area contributed by atoms with Gasteiger partial charge in [0.05, 0.1) is 22.2 Å². The lowest BCUT2D eigenvalue weighted by Crippen LogP contribution is -2.22. The number of benzene rings is 2. The van der Waals surface area contributed by atoms with Gasteiger partial charge in [-0.05, 0) is 42.5 Å². The second-order valence-electron chi connectivity index (χ2n) is 6.13. The average Bonchev–Trinajstić information content (AvgIpc) is 3.18. The first kappa shape index (κ1) is 21.2. The molecular weight excluding hydrogens is 433 g/mol. The van der Waals surface area contributed by atoms with Crippen LogP contribution in [0, 0.1) is 0 Å². The van der Waals surface area contributed by atoms with Crippen LogP contribution in [0.25, 0.3) is 0 Å². The molecule has 3 aromatic rings. The summed E-state index contributed by atoms with van der Waals surface area (Å²) in [5.74, 6) is -1.80. The van der Waals surface area contributed by atoms with Crippen molar-refractivity contribution in [2.24, 2.45) is 5.73 Å². The highest BCUT2D eigenvalue weighted by atomic mass is 35.5. The number of phenolic OH excluding ortho intramolecular Hbond substituents is 1. The van der Waals surface area contributed by atoms with Gasteiger partial charge in [-0.15, -0.1) is 0 Å². The maximum atomic E-state index is 12.3. The molecule has 0 aliphatic carbocycles. The number of nitrogens with one attached hydrogen (secondary N) is 2. The molecule has 0 saturated heterocycles.